The summed E-state index contributed by atoms with van der Waals surface area (Å²) >= 11 is 0. The van der Waals surface area contributed by atoms with Crippen molar-refractivity contribution in [2.45, 2.75) is 0 Å². The second-order valence-electron chi connectivity index (χ2n) is 0.702. The van der Waals surface area contributed by atoms with Crippen LogP contribution in [0.15, 0.2) is 20.7 Å². The highest BCUT2D eigenvalue weighted by molar-refractivity contribution is 5.77. The summed E-state index contributed by atoms with van der Waals surface area (Å²) in [7, 11) is 0. The smallest absolute Gasteiger partial charge is 0.263 e. The molecule has 1 aliphatic rings. The van der Waals surface area contributed by atoms with Gasteiger partial charge in [-0.15, -0.1) is 0 Å². The topological polar surface area (TPSA) is 73.3 Å². The molecule has 5 heteroatoms. The molecule has 1 rings (SSSR count). The molecule has 1 aliphatic heterocycles. The van der Waals surface area contributed by atoms with E-state index in [4.69, 9.17) is 5.41 Å². The van der Waals surface area contributed by atoms with Gasteiger partial charge in [-0.3, -0.25) is 5.41 Å². The fourth-order valence-corrected chi connectivity index (χ4v) is 0.145. The second kappa shape index (κ2) is 0.925. The molecule has 0 atom stereocenters. The van der Waals surface area contributed by atoms with Crippen LogP contribution in [0.2, 0.25) is 0 Å². The minimum atomic E-state index is -0.130. The van der Waals surface area contributed by atoms with Crippen molar-refractivity contribution in [3.8, 4) is 0 Å². The average molecular weight is 83.1 g/mol. The highest BCUT2D eigenvalue weighted by Crippen LogP contribution is 1.92. The summed E-state index contributed by atoms with van der Waals surface area (Å²) in [5.74, 6) is -0.130. The quantitative estimate of drug-likeness (QED) is 0.449. The Kier molecular flexibility index (Phi) is 0.474. The maximum Gasteiger partial charge on any atom is 0.284 e. The van der Waals surface area contributed by atoms with Gasteiger partial charge < -0.3 is 0 Å². The third-order valence-corrected chi connectivity index (χ3v) is 0.319. The molecule has 0 fully saturated rings. The molecule has 0 aromatic rings. The van der Waals surface area contributed by atoms with Crippen LogP contribution in [-0.4, -0.2) is 5.96 Å². The first kappa shape index (κ1) is 3.08. The van der Waals surface area contributed by atoms with E-state index in [0.29, 0.717) is 0 Å². The lowest BCUT2D eigenvalue weighted by atomic mass is 11.1. The highest BCUT2D eigenvalue weighted by Gasteiger charge is 1.90. The molecule has 0 unspecified atom stereocenters. The van der Waals surface area contributed by atoms with Crippen molar-refractivity contribution >= 4 is 5.96 Å². The molecule has 30 valence electrons. The molecule has 6 heavy (non-hydrogen) atoms. The standard InChI is InChI=1S/CHN5/c2-1-3-5-6-4-1/h2H. The first-order chi connectivity index (χ1) is 2.89. The molecule has 0 saturated carbocycles. The van der Waals surface area contributed by atoms with Crippen molar-refractivity contribution in [1.29, 1.82) is 5.41 Å². The molecule has 0 radical (unpaired) electrons. The zero-order chi connectivity index (χ0) is 4.41. The summed E-state index contributed by atoms with van der Waals surface area (Å²) in [6.45, 7) is 0. The predicted octanol–water partition coefficient (Wildman–Crippen LogP) is 0.754. The van der Waals surface area contributed by atoms with Crippen molar-refractivity contribution in [2.24, 2.45) is 20.7 Å². The molecule has 1 heterocycles. The summed E-state index contributed by atoms with van der Waals surface area (Å²) in [6.07, 6.45) is 0. The van der Waals surface area contributed by atoms with Gasteiger partial charge in [0, 0.05) is 0 Å². The van der Waals surface area contributed by atoms with E-state index in [0.717, 1.165) is 0 Å². The van der Waals surface area contributed by atoms with Crippen molar-refractivity contribution < 1.29 is 0 Å². The van der Waals surface area contributed by atoms with Crippen molar-refractivity contribution in [3.05, 3.63) is 0 Å². The maximum atomic E-state index is 6.53. The van der Waals surface area contributed by atoms with E-state index >= 15 is 0 Å². The fraction of sp³-hybridized carbons (Fsp3) is 0. The summed E-state index contributed by atoms with van der Waals surface area (Å²) in [4.78, 5) is 0. The van der Waals surface area contributed by atoms with E-state index in [9.17, 15) is 0 Å². The molecule has 0 bridgehead atoms. The number of nitrogens with one attached hydrogen (secondary N) is 1. The van der Waals surface area contributed by atoms with Gasteiger partial charge in [0.25, 0.3) is 5.96 Å². The van der Waals surface area contributed by atoms with E-state index in [-0.39, 0.29) is 5.96 Å². The minimum Gasteiger partial charge on any atom is -0.263 e. The minimum absolute atomic E-state index is 0.130. The third-order valence-electron chi connectivity index (χ3n) is 0.319. The molecule has 5 nitrogen and oxygen atoms in total. The Morgan fingerprint density at radius 2 is 1.67 bits per heavy atom. The summed E-state index contributed by atoms with van der Waals surface area (Å²) in [6, 6.07) is 0. The lowest BCUT2D eigenvalue weighted by Gasteiger charge is -1.60. The number of hydrogen-bond acceptors (Lipinski definition) is 3. The lowest BCUT2D eigenvalue weighted by Crippen LogP contribution is -1.71. The first-order valence-electron chi connectivity index (χ1n) is 1.30. The normalized spacial score (nSPS) is 17.0. The van der Waals surface area contributed by atoms with Crippen LogP contribution < -0.4 is 0 Å². The van der Waals surface area contributed by atoms with Crippen LogP contribution in [0.5, 0.6) is 0 Å². The Bertz CT molecular complexity index is 106. The van der Waals surface area contributed by atoms with Crippen LogP contribution in [-0.2, 0) is 0 Å². The van der Waals surface area contributed by atoms with Gasteiger partial charge in [-0.2, -0.15) is 0 Å². The van der Waals surface area contributed by atoms with E-state index in [1.165, 1.54) is 0 Å². The Balaban J connectivity index is 2.86. The summed E-state index contributed by atoms with van der Waals surface area (Å²) in [5, 5.41) is 18.8. The molecule has 0 amide bonds. The zero-order valence-electron chi connectivity index (χ0n) is 2.79. The molecular formula is CHN5. The Morgan fingerprint density at radius 1 is 1.17 bits per heavy atom. The van der Waals surface area contributed by atoms with Gasteiger partial charge in [0.2, 0.25) is 0 Å². The van der Waals surface area contributed by atoms with Crippen LogP contribution in [0.4, 0.5) is 0 Å². The monoisotopic (exact) mass is 83.0 g/mol. The van der Waals surface area contributed by atoms with E-state index in [2.05, 4.69) is 20.7 Å². The Morgan fingerprint density at radius 3 is 1.83 bits per heavy atom. The van der Waals surface area contributed by atoms with Gasteiger partial charge in [0.15, 0.2) is 0 Å². The van der Waals surface area contributed by atoms with Crippen LogP contribution >= 0.6 is 0 Å². The average Bonchev–Trinajstić information content (AvgIpc) is 1.86. The van der Waals surface area contributed by atoms with E-state index in [1.54, 1.807) is 0 Å². The van der Waals surface area contributed by atoms with E-state index in [1.807, 2.05) is 0 Å². The maximum absolute atomic E-state index is 6.53. The fourth-order valence-electron chi connectivity index (χ4n) is 0.145. The third kappa shape index (κ3) is 0.291. The van der Waals surface area contributed by atoms with E-state index < -0.39 is 0 Å². The first-order valence-corrected chi connectivity index (χ1v) is 1.30. The molecule has 0 spiro atoms. The summed E-state index contributed by atoms with van der Waals surface area (Å²) < 4.78 is 0. The van der Waals surface area contributed by atoms with Crippen molar-refractivity contribution in [3.63, 3.8) is 0 Å². The van der Waals surface area contributed by atoms with Gasteiger partial charge in [-0.1, -0.05) is 10.2 Å². The predicted molar refractivity (Wildman–Crippen MR) is 17.4 cm³/mol. The van der Waals surface area contributed by atoms with Crippen LogP contribution in [0.25, 0.3) is 0 Å². The highest BCUT2D eigenvalue weighted by atomic mass is 15.6. The molecule has 0 saturated heterocycles. The largest absolute Gasteiger partial charge is 0.284 e. The van der Waals surface area contributed by atoms with Crippen LogP contribution in [0.3, 0.4) is 0 Å². The molecular weight excluding hydrogens is 82.0 g/mol. The number of guanidine groups is 1. The molecule has 0 aliphatic carbocycles. The van der Waals surface area contributed by atoms with Gasteiger partial charge in [-0.25, -0.2) is 0 Å². The van der Waals surface area contributed by atoms with Gasteiger partial charge in [-0.05, 0) is 10.4 Å². The Labute approximate surface area is 33.3 Å². The zero-order valence-corrected chi connectivity index (χ0v) is 2.79. The number of hydrogen-bond donors (Lipinski definition) is 1. The van der Waals surface area contributed by atoms with Crippen LogP contribution in [0.1, 0.15) is 0 Å². The number of nitrogens with zero attached hydrogens (tertiary/aromatic N) is 4. The second-order valence-corrected chi connectivity index (χ2v) is 0.702. The Hall–Kier alpha value is -1.13. The molecule has 0 aromatic heterocycles. The van der Waals surface area contributed by atoms with Crippen molar-refractivity contribution in [2.75, 3.05) is 0 Å². The molecule has 0 aromatic carbocycles. The molecule has 1 N–H and O–H groups in total. The van der Waals surface area contributed by atoms with Crippen molar-refractivity contribution in [1.82, 2.24) is 0 Å². The van der Waals surface area contributed by atoms with Gasteiger partial charge in [0.05, 0.1) is 0 Å². The van der Waals surface area contributed by atoms with Crippen LogP contribution in [0, 0.1) is 5.41 Å². The van der Waals surface area contributed by atoms with Gasteiger partial charge >= 0.3 is 0 Å². The SMILES string of the molecule is N=C1N=NN=N1. The lowest BCUT2D eigenvalue weighted by molar-refractivity contribution is 1.06. The summed E-state index contributed by atoms with van der Waals surface area (Å²) in [5.41, 5.74) is 0. The van der Waals surface area contributed by atoms with Gasteiger partial charge in [0.1, 0.15) is 0 Å². The number of rotatable bonds is 0.